The van der Waals surface area contributed by atoms with Crippen LogP contribution >= 0.6 is 0 Å². The molecule has 0 bridgehead atoms. The Kier molecular flexibility index (Phi) is 4.53. The highest BCUT2D eigenvalue weighted by molar-refractivity contribution is 6.07. The van der Waals surface area contributed by atoms with E-state index < -0.39 is 0 Å². The zero-order valence-electron chi connectivity index (χ0n) is 14.7. The van der Waals surface area contributed by atoms with Crippen molar-refractivity contribution in [3.05, 3.63) is 36.4 Å². The Morgan fingerprint density at radius 1 is 1.31 bits per heavy atom. The van der Waals surface area contributed by atoms with Gasteiger partial charge in [0.15, 0.2) is 0 Å². The SMILES string of the molecule is COc1cc2c(cc1NC(=O)CN1CCCC(O)C1)oc1ccccc12. The van der Waals surface area contributed by atoms with E-state index >= 15 is 0 Å². The van der Waals surface area contributed by atoms with Crippen molar-refractivity contribution in [3.8, 4) is 5.75 Å². The van der Waals surface area contributed by atoms with E-state index in [1.807, 2.05) is 35.2 Å². The van der Waals surface area contributed by atoms with Crippen LogP contribution in [-0.2, 0) is 4.79 Å². The summed E-state index contributed by atoms with van der Waals surface area (Å²) in [4.78, 5) is 14.4. The van der Waals surface area contributed by atoms with E-state index in [4.69, 9.17) is 9.15 Å². The van der Waals surface area contributed by atoms with Gasteiger partial charge in [0.1, 0.15) is 16.9 Å². The molecule has 3 aromatic rings. The molecule has 1 atom stereocenters. The van der Waals surface area contributed by atoms with Gasteiger partial charge < -0.3 is 19.6 Å². The summed E-state index contributed by atoms with van der Waals surface area (Å²) in [7, 11) is 1.58. The number of fused-ring (bicyclic) bond motifs is 3. The predicted molar refractivity (Wildman–Crippen MR) is 101 cm³/mol. The summed E-state index contributed by atoms with van der Waals surface area (Å²) in [6.07, 6.45) is 1.36. The Morgan fingerprint density at radius 3 is 2.96 bits per heavy atom. The van der Waals surface area contributed by atoms with Gasteiger partial charge in [0.25, 0.3) is 0 Å². The number of hydrogen-bond donors (Lipinski definition) is 2. The van der Waals surface area contributed by atoms with Gasteiger partial charge in [-0.15, -0.1) is 0 Å². The molecule has 1 unspecified atom stereocenters. The van der Waals surface area contributed by atoms with Crippen molar-refractivity contribution in [1.29, 1.82) is 0 Å². The molecular formula is C20H22N2O4. The van der Waals surface area contributed by atoms with Gasteiger partial charge in [0.2, 0.25) is 5.91 Å². The van der Waals surface area contributed by atoms with E-state index in [0.29, 0.717) is 23.6 Å². The number of aliphatic hydroxyl groups is 1. The van der Waals surface area contributed by atoms with Crippen LogP contribution in [0, 0.1) is 0 Å². The fourth-order valence-corrected chi connectivity index (χ4v) is 3.59. The number of aliphatic hydroxyl groups excluding tert-OH is 1. The Labute approximate surface area is 151 Å². The Morgan fingerprint density at radius 2 is 2.15 bits per heavy atom. The van der Waals surface area contributed by atoms with Crippen molar-refractivity contribution in [2.75, 3.05) is 32.1 Å². The van der Waals surface area contributed by atoms with Crippen molar-refractivity contribution in [2.45, 2.75) is 18.9 Å². The molecule has 0 aliphatic carbocycles. The van der Waals surface area contributed by atoms with Crippen LogP contribution in [0.4, 0.5) is 5.69 Å². The second kappa shape index (κ2) is 6.97. The summed E-state index contributed by atoms with van der Waals surface area (Å²) < 4.78 is 11.4. The lowest BCUT2D eigenvalue weighted by Gasteiger charge is -2.29. The van der Waals surface area contributed by atoms with Crippen molar-refractivity contribution >= 4 is 33.5 Å². The number of nitrogens with one attached hydrogen (secondary N) is 1. The number of ether oxygens (including phenoxy) is 1. The first-order valence-corrected chi connectivity index (χ1v) is 8.83. The summed E-state index contributed by atoms with van der Waals surface area (Å²) in [5, 5.41) is 14.6. The van der Waals surface area contributed by atoms with Gasteiger partial charge in [-0.2, -0.15) is 0 Å². The van der Waals surface area contributed by atoms with E-state index in [-0.39, 0.29) is 18.6 Å². The van der Waals surface area contributed by atoms with E-state index in [1.54, 1.807) is 13.2 Å². The summed E-state index contributed by atoms with van der Waals surface area (Å²) in [5.41, 5.74) is 2.09. The predicted octanol–water partition coefficient (Wildman–Crippen LogP) is 2.99. The van der Waals surface area contributed by atoms with Gasteiger partial charge in [0, 0.05) is 23.4 Å². The number of benzene rings is 2. The molecular weight excluding hydrogens is 332 g/mol. The molecule has 2 heterocycles. The summed E-state index contributed by atoms with van der Waals surface area (Å²) >= 11 is 0. The molecule has 1 aliphatic rings. The first-order chi connectivity index (χ1) is 12.6. The quantitative estimate of drug-likeness (QED) is 0.753. The van der Waals surface area contributed by atoms with Gasteiger partial charge in [-0.05, 0) is 31.5 Å². The number of nitrogens with zero attached hydrogens (tertiary/aromatic N) is 1. The molecule has 1 aliphatic heterocycles. The molecule has 26 heavy (non-hydrogen) atoms. The minimum Gasteiger partial charge on any atom is -0.495 e. The average Bonchev–Trinajstić information content (AvgIpc) is 2.98. The summed E-state index contributed by atoms with van der Waals surface area (Å²) in [6, 6.07) is 11.5. The van der Waals surface area contributed by atoms with E-state index in [1.165, 1.54) is 0 Å². The van der Waals surface area contributed by atoms with Crippen LogP contribution < -0.4 is 10.1 Å². The molecule has 2 N–H and O–H groups in total. The highest BCUT2D eigenvalue weighted by Crippen LogP contribution is 2.36. The molecule has 4 rings (SSSR count). The topological polar surface area (TPSA) is 74.9 Å². The number of piperidine rings is 1. The standard InChI is InChI=1S/C20H22N2O4/c1-25-19-9-15-14-6-2-3-7-17(14)26-18(15)10-16(19)21-20(24)12-22-8-4-5-13(23)11-22/h2-3,6-7,9-10,13,23H,4-5,8,11-12H2,1H3,(H,21,24). The number of amides is 1. The largest absolute Gasteiger partial charge is 0.495 e. The van der Waals surface area contributed by atoms with Gasteiger partial charge in [0.05, 0.1) is 25.4 Å². The highest BCUT2D eigenvalue weighted by atomic mass is 16.5. The van der Waals surface area contributed by atoms with E-state index in [2.05, 4.69) is 5.32 Å². The number of furan rings is 1. The number of β-amino-alcohol motifs (C(OH)–C–C–N with tert-alkyl or cyclic N) is 1. The second-order valence-electron chi connectivity index (χ2n) is 6.73. The fraction of sp³-hybridized carbons (Fsp3) is 0.350. The lowest BCUT2D eigenvalue weighted by atomic mass is 10.1. The Bertz CT molecular complexity index is 950. The maximum atomic E-state index is 12.4. The van der Waals surface area contributed by atoms with Crippen LogP contribution in [0.2, 0.25) is 0 Å². The molecule has 0 radical (unpaired) electrons. The molecule has 0 spiro atoms. The number of rotatable bonds is 4. The van der Waals surface area contributed by atoms with Crippen LogP contribution in [0.25, 0.3) is 21.9 Å². The smallest absolute Gasteiger partial charge is 0.238 e. The monoisotopic (exact) mass is 354 g/mol. The van der Waals surface area contributed by atoms with Gasteiger partial charge >= 0.3 is 0 Å². The van der Waals surface area contributed by atoms with Crippen LogP contribution in [0.1, 0.15) is 12.8 Å². The van der Waals surface area contributed by atoms with Crippen molar-refractivity contribution in [1.82, 2.24) is 4.90 Å². The van der Waals surface area contributed by atoms with Crippen LogP contribution in [-0.4, -0.2) is 48.8 Å². The molecule has 1 saturated heterocycles. The maximum absolute atomic E-state index is 12.4. The van der Waals surface area contributed by atoms with E-state index in [0.717, 1.165) is 35.7 Å². The first kappa shape index (κ1) is 16.9. The number of hydrogen-bond acceptors (Lipinski definition) is 5. The molecule has 1 aromatic heterocycles. The summed E-state index contributed by atoms with van der Waals surface area (Å²) in [6.45, 7) is 1.61. The molecule has 6 heteroatoms. The van der Waals surface area contributed by atoms with Gasteiger partial charge in [-0.3, -0.25) is 9.69 Å². The third-order valence-electron chi connectivity index (χ3n) is 4.82. The van der Waals surface area contributed by atoms with Crippen molar-refractivity contribution in [2.24, 2.45) is 0 Å². The molecule has 2 aromatic carbocycles. The van der Waals surface area contributed by atoms with Crippen LogP contribution in [0.15, 0.2) is 40.8 Å². The van der Waals surface area contributed by atoms with Gasteiger partial charge in [-0.1, -0.05) is 18.2 Å². The lowest BCUT2D eigenvalue weighted by Crippen LogP contribution is -2.42. The minimum atomic E-state index is -0.349. The molecule has 1 fully saturated rings. The number of para-hydroxylation sites is 1. The fourth-order valence-electron chi connectivity index (χ4n) is 3.59. The Balaban J connectivity index is 1.59. The van der Waals surface area contributed by atoms with Crippen molar-refractivity contribution < 1.29 is 19.1 Å². The zero-order valence-corrected chi connectivity index (χ0v) is 14.7. The average molecular weight is 354 g/mol. The zero-order chi connectivity index (χ0) is 18.1. The van der Waals surface area contributed by atoms with E-state index in [9.17, 15) is 9.90 Å². The number of anilines is 1. The maximum Gasteiger partial charge on any atom is 0.238 e. The third-order valence-corrected chi connectivity index (χ3v) is 4.82. The van der Waals surface area contributed by atoms with Crippen LogP contribution in [0.3, 0.4) is 0 Å². The first-order valence-electron chi connectivity index (χ1n) is 8.83. The van der Waals surface area contributed by atoms with Crippen LogP contribution in [0.5, 0.6) is 5.75 Å². The summed E-state index contributed by atoms with van der Waals surface area (Å²) in [5.74, 6) is 0.462. The third kappa shape index (κ3) is 3.25. The lowest BCUT2D eigenvalue weighted by molar-refractivity contribution is -0.118. The number of methoxy groups -OCH3 is 1. The van der Waals surface area contributed by atoms with Gasteiger partial charge in [-0.25, -0.2) is 0 Å². The number of carbonyl (C=O) groups excluding carboxylic acids is 1. The van der Waals surface area contributed by atoms with Crippen molar-refractivity contribution in [3.63, 3.8) is 0 Å². The second-order valence-corrected chi connectivity index (χ2v) is 6.73. The molecule has 6 nitrogen and oxygen atoms in total. The Hall–Kier alpha value is -2.57. The highest BCUT2D eigenvalue weighted by Gasteiger charge is 2.20. The number of carbonyl (C=O) groups is 1. The minimum absolute atomic E-state index is 0.132. The normalized spacial score (nSPS) is 18.3. The molecule has 0 saturated carbocycles. The molecule has 136 valence electrons. The number of likely N-dealkylation sites (tertiary alicyclic amines) is 1. The molecule has 1 amide bonds.